The molecular formula is C13H20FNO2. The quantitative estimate of drug-likeness (QED) is 0.851. The molecule has 0 radical (unpaired) electrons. The summed E-state index contributed by atoms with van der Waals surface area (Å²) in [5.74, 6) is -0.0910. The molecule has 1 aromatic rings. The molecule has 0 aliphatic carbocycles. The van der Waals surface area contributed by atoms with Gasteiger partial charge in [0, 0.05) is 18.2 Å². The van der Waals surface area contributed by atoms with Gasteiger partial charge in [-0.2, -0.15) is 0 Å². The predicted octanol–water partition coefficient (Wildman–Crippen LogP) is 2.03. The number of nitrogens with two attached hydrogens (primary N) is 1. The van der Waals surface area contributed by atoms with Crippen molar-refractivity contribution in [3.63, 3.8) is 0 Å². The van der Waals surface area contributed by atoms with Gasteiger partial charge in [0.05, 0.1) is 7.11 Å². The molecule has 0 aliphatic heterocycles. The van der Waals surface area contributed by atoms with E-state index in [1.165, 1.54) is 19.2 Å². The van der Waals surface area contributed by atoms with Crippen LogP contribution in [-0.4, -0.2) is 18.8 Å². The first kappa shape index (κ1) is 13.9. The molecule has 3 N–H and O–H groups in total. The lowest BCUT2D eigenvalue weighted by Gasteiger charge is -2.40. The minimum Gasteiger partial charge on any atom is -0.497 e. The van der Waals surface area contributed by atoms with E-state index in [4.69, 9.17) is 10.5 Å². The van der Waals surface area contributed by atoms with Crippen molar-refractivity contribution in [2.75, 3.05) is 13.7 Å². The molecule has 4 heteroatoms. The number of benzene rings is 1. The highest BCUT2D eigenvalue weighted by Gasteiger charge is 2.42. The molecule has 0 fully saturated rings. The largest absolute Gasteiger partial charge is 0.497 e. The molecular weight excluding hydrogens is 221 g/mol. The van der Waals surface area contributed by atoms with E-state index in [9.17, 15) is 9.50 Å². The van der Waals surface area contributed by atoms with Gasteiger partial charge in [-0.25, -0.2) is 4.39 Å². The Hall–Kier alpha value is -1.13. The van der Waals surface area contributed by atoms with Crippen LogP contribution in [0.25, 0.3) is 0 Å². The molecule has 0 spiro atoms. The van der Waals surface area contributed by atoms with Crippen LogP contribution < -0.4 is 10.5 Å². The van der Waals surface area contributed by atoms with Crippen LogP contribution in [0.2, 0.25) is 0 Å². The SMILES string of the molecule is COc1ccc(C(O)(CN)C(C)(C)C)c(F)c1. The Morgan fingerprint density at radius 3 is 2.29 bits per heavy atom. The first-order chi connectivity index (χ1) is 7.76. The smallest absolute Gasteiger partial charge is 0.133 e. The summed E-state index contributed by atoms with van der Waals surface area (Å²) in [5.41, 5.74) is 3.86. The summed E-state index contributed by atoms with van der Waals surface area (Å²) in [6.07, 6.45) is 0. The van der Waals surface area contributed by atoms with Gasteiger partial charge >= 0.3 is 0 Å². The van der Waals surface area contributed by atoms with Gasteiger partial charge in [0.2, 0.25) is 0 Å². The second kappa shape index (κ2) is 4.63. The molecule has 17 heavy (non-hydrogen) atoms. The summed E-state index contributed by atoms with van der Waals surface area (Å²) < 4.78 is 18.9. The van der Waals surface area contributed by atoms with Gasteiger partial charge in [-0.15, -0.1) is 0 Å². The lowest BCUT2D eigenvalue weighted by Crippen LogP contribution is -2.46. The Morgan fingerprint density at radius 1 is 1.35 bits per heavy atom. The van der Waals surface area contributed by atoms with E-state index >= 15 is 0 Å². The standard InChI is InChI=1S/C13H20FNO2/c1-12(2,3)13(16,8-15)10-6-5-9(17-4)7-11(10)14/h5-7,16H,8,15H2,1-4H3. The average molecular weight is 241 g/mol. The van der Waals surface area contributed by atoms with E-state index in [1.54, 1.807) is 6.07 Å². The summed E-state index contributed by atoms with van der Waals surface area (Å²) in [6, 6.07) is 4.39. The zero-order chi connectivity index (χ0) is 13.3. The van der Waals surface area contributed by atoms with Crippen LogP contribution >= 0.6 is 0 Å². The number of aliphatic hydroxyl groups is 1. The number of hydrogen-bond donors (Lipinski definition) is 2. The molecule has 0 saturated carbocycles. The molecule has 0 heterocycles. The Labute approximate surface area is 101 Å². The third-order valence-corrected chi connectivity index (χ3v) is 3.16. The molecule has 1 rings (SSSR count). The van der Waals surface area contributed by atoms with Gasteiger partial charge in [-0.05, 0) is 17.5 Å². The monoisotopic (exact) mass is 241 g/mol. The Balaban J connectivity index is 3.31. The summed E-state index contributed by atoms with van der Waals surface area (Å²) in [4.78, 5) is 0. The molecule has 96 valence electrons. The van der Waals surface area contributed by atoms with Crippen LogP contribution in [-0.2, 0) is 5.60 Å². The molecule has 1 aromatic carbocycles. The summed E-state index contributed by atoms with van der Waals surface area (Å²) in [6.45, 7) is 5.43. The van der Waals surface area contributed by atoms with Gasteiger partial charge in [-0.1, -0.05) is 20.8 Å². The summed E-state index contributed by atoms with van der Waals surface area (Å²) in [5, 5.41) is 10.6. The highest BCUT2D eigenvalue weighted by Crippen LogP contribution is 2.40. The van der Waals surface area contributed by atoms with Crippen LogP contribution in [0.15, 0.2) is 18.2 Å². The number of halogens is 1. The first-order valence-corrected chi connectivity index (χ1v) is 5.52. The Bertz CT molecular complexity index is 401. The van der Waals surface area contributed by atoms with E-state index in [2.05, 4.69) is 0 Å². The Morgan fingerprint density at radius 2 is 1.94 bits per heavy atom. The molecule has 0 aliphatic rings. The van der Waals surface area contributed by atoms with Crippen molar-refractivity contribution in [3.8, 4) is 5.75 Å². The number of rotatable bonds is 3. The normalized spacial score (nSPS) is 15.5. The van der Waals surface area contributed by atoms with Gasteiger partial charge in [-0.3, -0.25) is 0 Å². The molecule has 3 nitrogen and oxygen atoms in total. The summed E-state index contributed by atoms with van der Waals surface area (Å²) >= 11 is 0. The molecule has 0 saturated heterocycles. The lowest BCUT2D eigenvalue weighted by atomic mass is 9.72. The van der Waals surface area contributed by atoms with E-state index in [0.717, 1.165) is 0 Å². The Kier molecular flexibility index (Phi) is 3.79. The maximum absolute atomic E-state index is 14.0. The van der Waals surface area contributed by atoms with Crippen molar-refractivity contribution in [3.05, 3.63) is 29.6 Å². The van der Waals surface area contributed by atoms with Gasteiger partial charge in [0.15, 0.2) is 0 Å². The van der Waals surface area contributed by atoms with Gasteiger partial charge in [0.25, 0.3) is 0 Å². The first-order valence-electron chi connectivity index (χ1n) is 5.52. The highest BCUT2D eigenvalue weighted by molar-refractivity contribution is 5.34. The molecule has 1 unspecified atom stereocenters. The third kappa shape index (κ3) is 2.42. The topological polar surface area (TPSA) is 55.5 Å². The van der Waals surface area contributed by atoms with Crippen LogP contribution in [0, 0.1) is 11.2 Å². The molecule has 0 aromatic heterocycles. The maximum Gasteiger partial charge on any atom is 0.133 e. The predicted molar refractivity (Wildman–Crippen MR) is 65.4 cm³/mol. The van der Waals surface area contributed by atoms with Crippen molar-refractivity contribution in [2.45, 2.75) is 26.4 Å². The fourth-order valence-corrected chi connectivity index (χ4v) is 1.78. The van der Waals surface area contributed by atoms with Crippen molar-refractivity contribution < 1.29 is 14.2 Å². The van der Waals surface area contributed by atoms with E-state index < -0.39 is 16.8 Å². The average Bonchev–Trinajstić information content (AvgIpc) is 2.26. The number of methoxy groups -OCH3 is 1. The minimum atomic E-state index is -1.40. The maximum atomic E-state index is 14.0. The molecule has 0 bridgehead atoms. The molecule has 0 amide bonds. The summed E-state index contributed by atoms with van der Waals surface area (Å²) in [7, 11) is 1.47. The highest BCUT2D eigenvalue weighted by atomic mass is 19.1. The lowest BCUT2D eigenvalue weighted by molar-refractivity contribution is -0.0584. The number of ether oxygens (including phenoxy) is 1. The van der Waals surface area contributed by atoms with Crippen LogP contribution in [0.1, 0.15) is 26.3 Å². The van der Waals surface area contributed by atoms with Crippen molar-refractivity contribution in [1.82, 2.24) is 0 Å². The fourth-order valence-electron chi connectivity index (χ4n) is 1.78. The van der Waals surface area contributed by atoms with Crippen molar-refractivity contribution in [1.29, 1.82) is 0 Å². The van der Waals surface area contributed by atoms with Crippen molar-refractivity contribution in [2.24, 2.45) is 11.1 Å². The molecule has 1 atom stereocenters. The van der Waals surface area contributed by atoms with E-state index in [1.807, 2.05) is 20.8 Å². The van der Waals surface area contributed by atoms with E-state index in [0.29, 0.717) is 5.75 Å². The minimum absolute atomic E-state index is 0.0419. The third-order valence-electron chi connectivity index (χ3n) is 3.16. The van der Waals surface area contributed by atoms with E-state index in [-0.39, 0.29) is 12.1 Å². The second-order valence-corrected chi connectivity index (χ2v) is 5.16. The number of hydrogen-bond acceptors (Lipinski definition) is 3. The van der Waals surface area contributed by atoms with Gasteiger partial charge < -0.3 is 15.6 Å². The van der Waals surface area contributed by atoms with Crippen LogP contribution in [0.3, 0.4) is 0 Å². The van der Waals surface area contributed by atoms with Crippen LogP contribution in [0.5, 0.6) is 5.75 Å². The second-order valence-electron chi connectivity index (χ2n) is 5.16. The zero-order valence-corrected chi connectivity index (χ0v) is 10.7. The van der Waals surface area contributed by atoms with Crippen LogP contribution in [0.4, 0.5) is 4.39 Å². The zero-order valence-electron chi connectivity index (χ0n) is 10.7. The van der Waals surface area contributed by atoms with Crippen molar-refractivity contribution >= 4 is 0 Å². The van der Waals surface area contributed by atoms with Gasteiger partial charge in [0.1, 0.15) is 17.2 Å². The fraction of sp³-hybridized carbons (Fsp3) is 0.538.